The Kier molecular flexibility index (Phi) is 4.06. The summed E-state index contributed by atoms with van der Waals surface area (Å²) >= 11 is 0. The van der Waals surface area contributed by atoms with Crippen molar-refractivity contribution < 1.29 is 13.2 Å². The van der Waals surface area contributed by atoms with Gasteiger partial charge in [0, 0.05) is 18.8 Å². The van der Waals surface area contributed by atoms with Gasteiger partial charge in [0.2, 0.25) is 15.9 Å². The lowest BCUT2D eigenvalue weighted by atomic mass is 10.3. The number of hydrogen-bond donors (Lipinski definition) is 2. The van der Waals surface area contributed by atoms with Crippen molar-refractivity contribution in [1.29, 1.82) is 0 Å². The van der Waals surface area contributed by atoms with E-state index < -0.39 is 10.0 Å². The van der Waals surface area contributed by atoms with E-state index in [0.717, 1.165) is 25.9 Å². The van der Waals surface area contributed by atoms with Crippen LogP contribution in [0.3, 0.4) is 0 Å². The summed E-state index contributed by atoms with van der Waals surface area (Å²) in [4.78, 5) is 13.7. The Morgan fingerprint density at radius 1 is 1.21 bits per heavy atom. The highest BCUT2D eigenvalue weighted by Gasteiger charge is 2.17. The Bertz CT molecular complexity index is 548. The van der Waals surface area contributed by atoms with Gasteiger partial charge in [-0.2, -0.15) is 0 Å². The molecule has 0 saturated carbocycles. The molecule has 1 fully saturated rings. The van der Waals surface area contributed by atoms with Gasteiger partial charge in [-0.05, 0) is 37.1 Å². The maximum absolute atomic E-state index is 11.8. The highest BCUT2D eigenvalue weighted by molar-refractivity contribution is 7.89. The molecule has 0 radical (unpaired) electrons. The molecule has 1 aromatic rings. The van der Waals surface area contributed by atoms with Crippen LogP contribution in [0.2, 0.25) is 0 Å². The van der Waals surface area contributed by atoms with Crippen molar-refractivity contribution >= 4 is 21.6 Å². The fourth-order valence-electron chi connectivity index (χ4n) is 2.02. The molecule has 1 aromatic carbocycles. The third-order valence-corrected chi connectivity index (χ3v) is 4.01. The minimum Gasteiger partial charge on any atom is -0.376 e. The summed E-state index contributed by atoms with van der Waals surface area (Å²) in [5.41, 5.74) is 0.694. The molecule has 1 aliphatic heterocycles. The summed E-state index contributed by atoms with van der Waals surface area (Å²) < 4.78 is 22.2. The molecule has 104 valence electrons. The molecular weight excluding hydrogens is 266 g/mol. The van der Waals surface area contributed by atoms with Crippen LogP contribution in [0.15, 0.2) is 29.2 Å². The maximum Gasteiger partial charge on any atom is 0.241 e. The highest BCUT2D eigenvalue weighted by Crippen LogP contribution is 2.13. The average Bonchev–Trinajstić information content (AvgIpc) is 2.89. The smallest absolute Gasteiger partial charge is 0.241 e. The van der Waals surface area contributed by atoms with Crippen molar-refractivity contribution in [3.05, 3.63) is 24.3 Å². The molecule has 1 saturated heterocycles. The molecule has 0 atom stereocenters. The molecule has 1 amide bonds. The van der Waals surface area contributed by atoms with Gasteiger partial charge in [-0.15, -0.1) is 0 Å². The van der Waals surface area contributed by atoms with E-state index in [1.54, 1.807) is 12.1 Å². The molecule has 7 heteroatoms. The minimum absolute atomic E-state index is 0.0592. The molecule has 0 bridgehead atoms. The largest absolute Gasteiger partial charge is 0.376 e. The number of nitrogens with one attached hydrogen (secondary N) is 1. The first-order valence-corrected chi connectivity index (χ1v) is 7.66. The molecule has 2 rings (SSSR count). The second-order valence-electron chi connectivity index (χ2n) is 4.51. The van der Waals surface area contributed by atoms with Crippen LogP contribution in [0.5, 0.6) is 0 Å². The Balaban J connectivity index is 1.91. The lowest BCUT2D eigenvalue weighted by Crippen LogP contribution is -2.32. The maximum atomic E-state index is 11.8. The second kappa shape index (κ2) is 5.58. The van der Waals surface area contributed by atoms with E-state index in [1.165, 1.54) is 12.1 Å². The normalized spacial score (nSPS) is 15.5. The molecule has 0 aliphatic carbocycles. The van der Waals surface area contributed by atoms with E-state index in [9.17, 15) is 13.2 Å². The zero-order chi connectivity index (χ0) is 13.9. The summed E-state index contributed by atoms with van der Waals surface area (Å²) in [7, 11) is -3.67. The number of amides is 1. The fraction of sp³-hybridized carbons (Fsp3) is 0.417. The van der Waals surface area contributed by atoms with Crippen LogP contribution in [-0.2, 0) is 14.8 Å². The Hall–Kier alpha value is -1.60. The van der Waals surface area contributed by atoms with Gasteiger partial charge in [-0.25, -0.2) is 13.6 Å². The van der Waals surface area contributed by atoms with E-state index in [-0.39, 0.29) is 17.3 Å². The van der Waals surface area contributed by atoms with Crippen LogP contribution in [-0.4, -0.2) is 38.9 Å². The molecule has 1 heterocycles. The van der Waals surface area contributed by atoms with Crippen molar-refractivity contribution in [3.63, 3.8) is 0 Å². The van der Waals surface area contributed by atoms with Crippen LogP contribution in [0.1, 0.15) is 12.8 Å². The van der Waals surface area contributed by atoms with Crippen molar-refractivity contribution in [3.8, 4) is 0 Å². The Morgan fingerprint density at radius 2 is 1.79 bits per heavy atom. The quantitative estimate of drug-likeness (QED) is 0.835. The number of nitrogens with two attached hydrogens (primary N) is 1. The number of rotatable bonds is 4. The van der Waals surface area contributed by atoms with E-state index >= 15 is 0 Å². The van der Waals surface area contributed by atoms with Crippen molar-refractivity contribution in [2.45, 2.75) is 17.7 Å². The third-order valence-electron chi connectivity index (χ3n) is 3.09. The zero-order valence-electron chi connectivity index (χ0n) is 10.5. The van der Waals surface area contributed by atoms with E-state index in [1.807, 2.05) is 4.90 Å². The fourth-order valence-corrected chi connectivity index (χ4v) is 2.53. The van der Waals surface area contributed by atoms with Gasteiger partial charge in [0.15, 0.2) is 0 Å². The van der Waals surface area contributed by atoms with Gasteiger partial charge in [0.05, 0.1) is 11.4 Å². The van der Waals surface area contributed by atoms with Crippen LogP contribution in [0.25, 0.3) is 0 Å². The number of benzene rings is 1. The molecule has 0 aromatic heterocycles. The summed E-state index contributed by atoms with van der Waals surface area (Å²) in [6.45, 7) is 1.87. The van der Waals surface area contributed by atoms with Crippen molar-refractivity contribution in [2.75, 3.05) is 25.0 Å². The van der Waals surface area contributed by atoms with E-state index in [2.05, 4.69) is 5.32 Å². The predicted octanol–water partition coefficient (Wildman–Crippen LogP) is 0.368. The number of primary sulfonamides is 1. The second-order valence-corrected chi connectivity index (χ2v) is 6.07. The first kappa shape index (κ1) is 13.8. The number of anilines is 1. The van der Waals surface area contributed by atoms with Gasteiger partial charge in [-0.3, -0.25) is 4.79 Å². The zero-order valence-corrected chi connectivity index (χ0v) is 11.3. The van der Waals surface area contributed by atoms with Gasteiger partial charge >= 0.3 is 0 Å². The minimum atomic E-state index is -3.67. The molecular formula is C12H17N3O3S. The first-order chi connectivity index (χ1) is 8.97. The van der Waals surface area contributed by atoms with Crippen LogP contribution in [0, 0.1) is 0 Å². The lowest BCUT2D eigenvalue weighted by molar-refractivity contribution is -0.128. The average molecular weight is 283 g/mol. The van der Waals surface area contributed by atoms with Gasteiger partial charge < -0.3 is 10.2 Å². The van der Waals surface area contributed by atoms with Gasteiger partial charge in [0.25, 0.3) is 0 Å². The molecule has 3 N–H and O–H groups in total. The van der Waals surface area contributed by atoms with Crippen LogP contribution in [0.4, 0.5) is 5.69 Å². The Labute approximate surface area is 112 Å². The molecule has 6 nitrogen and oxygen atoms in total. The number of sulfonamides is 1. The van der Waals surface area contributed by atoms with Crippen molar-refractivity contribution in [2.24, 2.45) is 5.14 Å². The summed E-state index contributed by atoms with van der Waals surface area (Å²) in [5.74, 6) is 0.0630. The number of carbonyl (C=O) groups is 1. The van der Waals surface area contributed by atoms with E-state index in [0.29, 0.717) is 5.69 Å². The van der Waals surface area contributed by atoms with Crippen LogP contribution >= 0.6 is 0 Å². The van der Waals surface area contributed by atoms with E-state index in [4.69, 9.17) is 5.14 Å². The lowest BCUT2D eigenvalue weighted by Gasteiger charge is -2.16. The highest BCUT2D eigenvalue weighted by atomic mass is 32.2. The monoisotopic (exact) mass is 283 g/mol. The van der Waals surface area contributed by atoms with Gasteiger partial charge in [-0.1, -0.05) is 0 Å². The number of carbonyl (C=O) groups excluding carboxylic acids is 1. The number of likely N-dealkylation sites (tertiary alicyclic amines) is 1. The number of hydrogen-bond acceptors (Lipinski definition) is 4. The van der Waals surface area contributed by atoms with Crippen LogP contribution < -0.4 is 10.5 Å². The molecule has 19 heavy (non-hydrogen) atoms. The standard InChI is InChI=1S/C12H17N3O3S/c13-19(17,18)11-5-3-10(4-6-11)14-9-12(16)15-7-1-2-8-15/h3-6,14H,1-2,7-9H2,(H2,13,17,18). The third kappa shape index (κ3) is 3.68. The topological polar surface area (TPSA) is 92.5 Å². The molecule has 1 aliphatic rings. The number of nitrogens with zero attached hydrogens (tertiary/aromatic N) is 1. The first-order valence-electron chi connectivity index (χ1n) is 6.11. The summed E-state index contributed by atoms with van der Waals surface area (Å²) in [5, 5.41) is 7.98. The van der Waals surface area contributed by atoms with Crippen molar-refractivity contribution in [1.82, 2.24) is 4.90 Å². The molecule has 0 spiro atoms. The Morgan fingerprint density at radius 3 is 2.32 bits per heavy atom. The predicted molar refractivity (Wildman–Crippen MR) is 72.1 cm³/mol. The summed E-state index contributed by atoms with van der Waals surface area (Å²) in [6.07, 6.45) is 2.13. The molecule has 0 unspecified atom stereocenters. The SMILES string of the molecule is NS(=O)(=O)c1ccc(NCC(=O)N2CCCC2)cc1. The van der Waals surface area contributed by atoms with Gasteiger partial charge in [0.1, 0.15) is 0 Å². The summed E-state index contributed by atoms with van der Waals surface area (Å²) in [6, 6.07) is 6.02.